The molecule has 8 heteroatoms. The number of benzene rings is 1. The first-order chi connectivity index (χ1) is 14.6. The largest absolute Gasteiger partial charge is 0.378 e. The molecule has 0 aliphatic carbocycles. The molecule has 1 saturated heterocycles. The molecule has 0 radical (unpaired) electrons. The molecule has 2 aromatic rings. The molecule has 0 spiro atoms. The highest BCUT2D eigenvalue weighted by molar-refractivity contribution is 14.0. The summed E-state index contributed by atoms with van der Waals surface area (Å²) in [6, 6.07) is 14.5. The first-order valence-corrected chi connectivity index (χ1v) is 11.3. The van der Waals surface area contributed by atoms with Crippen molar-refractivity contribution in [3.63, 3.8) is 0 Å². The molecule has 3 rings (SSSR count). The quantitative estimate of drug-likeness (QED) is 0.312. The van der Waals surface area contributed by atoms with Crippen molar-refractivity contribution in [3.8, 4) is 0 Å². The Morgan fingerprint density at radius 1 is 1.19 bits per heavy atom. The van der Waals surface area contributed by atoms with Gasteiger partial charge in [0.15, 0.2) is 5.96 Å². The molecule has 1 aromatic carbocycles. The molecule has 2 heterocycles. The van der Waals surface area contributed by atoms with Crippen molar-refractivity contribution < 1.29 is 9.53 Å². The number of hydrogen-bond acceptors (Lipinski definition) is 4. The van der Waals surface area contributed by atoms with Crippen molar-refractivity contribution in [2.75, 3.05) is 39.9 Å². The lowest BCUT2D eigenvalue weighted by molar-refractivity contribution is -0.136. The Labute approximate surface area is 206 Å². The summed E-state index contributed by atoms with van der Waals surface area (Å²) in [6.07, 6.45) is 0.939. The number of nitrogens with one attached hydrogen (secondary N) is 2. The fourth-order valence-electron chi connectivity index (χ4n) is 3.61. The van der Waals surface area contributed by atoms with Gasteiger partial charge in [-0.1, -0.05) is 30.3 Å². The van der Waals surface area contributed by atoms with Gasteiger partial charge in [0.2, 0.25) is 5.91 Å². The van der Waals surface area contributed by atoms with Crippen LogP contribution in [0.15, 0.2) is 47.5 Å². The van der Waals surface area contributed by atoms with Crippen LogP contribution >= 0.6 is 35.3 Å². The highest BCUT2D eigenvalue weighted by Crippen LogP contribution is 2.19. The molecule has 2 unspecified atom stereocenters. The molecular weight excluding hydrogens is 523 g/mol. The number of carbonyl (C=O) groups is 1. The molecule has 1 amide bonds. The Bertz CT molecular complexity index is 837. The lowest BCUT2D eigenvalue weighted by Crippen LogP contribution is -2.48. The van der Waals surface area contributed by atoms with E-state index in [1.54, 1.807) is 7.05 Å². The number of amides is 1. The smallest absolute Gasteiger partial charge is 0.232 e. The Hall–Kier alpha value is -1.65. The van der Waals surface area contributed by atoms with Crippen LogP contribution in [0.1, 0.15) is 28.2 Å². The SMILES string of the molecule is CN=C(NCC(C(=O)N1CCOCC1)c1ccccc1)NC(C)Cc1ccc(C)s1.I. The third kappa shape index (κ3) is 7.76. The number of hydrogen-bond donors (Lipinski definition) is 2. The van der Waals surface area contributed by atoms with Gasteiger partial charge in [-0.25, -0.2) is 0 Å². The van der Waals surface area contributed by atoms with Gasteiger partial charge >= 0.3 is 0 Å². The van der Waals surface area contributed by atoms with Crippen LogP contribution in [0.25, 0.3) is 0 Å². The van der Waals surface area contributed by atoms with Gasteiger partial charge in [-0.2, -0.15) is 0 Å². The van der Waals surface area contributed by atoms with Crippen molar-refractivity contribution in [2.45, 2.75) is 32.2 Å². The summed E-state index contributed by atoms with van der Waals surface area (Å²) in [7, 11) is 1.76. The predicted molar refractivity (Wildman–Crippen MR) is 139 cm³/mol. The second-order valence-corrected chi connectivity index (χ2v) is 8.99. The highest BCUT2D eigenvalue weighted by atomic mass is 127. The molecule has 0 bridgehead atoms. The third-order valence-corrected chi connectivity index (χ3v) is 6.23. The summed E-state index contributed by atoms with van der Waals surface area (Å²) in [5, 5.41) is 6.82. The number of thiophene rings is 1. The molecule has 2 atom stereocenters. The molecule has 1 aliphatic heterocycles. The standard InChI is InChI=1S/C23H32N4O2S.HI/c1-17(15-20-10-9-18(2)30-20)26-23(24-3)25-16-21(19-7-5-4-6-8-19)22(28)27-11-13-29-14-12-27;/h4-10,17,21H,11-16H2,1-3H3,(H2,24,25,26);1H. The fraction of sp³-hybridized carbons (Fsp3) is 0.478. The monoisotopic (exact) mass is 556 g/mol. The normalized spacial score (nSPS) is 16.2. The minimum atomic E-state index is -0.266. The molecule has 6 nitrogen and oxygen atoms in total. The van der Waals surface area contributed by atoms with E-state index in [2.05, 4.69) is 41.6 Å². The Kier molecular flexibility index (Phi) is 10.8. The summed E-state index contributed by atoms with van der Waals surface area (Å²) in [5.74, 6) is 0.583. The predicted octanol–water partition coefficient (Wildman–Crippen LogP) is 3.41. The maximum Gasteiger partial charge on any atom is 0.232 e. The molecule has 1 aromatic heterocycles. The van der Waals surface area contributed by atoms with E-state index in [-0.39, 0.29) is 41.8 Å². The lowest BCUT2D eigenvalue weighted by Gasteiger charge is -2.31. The van der Waals surface area contributed by atoms with Gasteiger partial charge in [-0.15, -0.1) is 35.3 Å². The number of rotatable bonds is 7. The zero-order valence-electron chi connectivity index (χ0n) is 18.5. The zero-order valence-corrected chi connectivity index (χ0v) is 21.6. The average Bonchev–Trinajstić information content (AvgIpc) is 3.18. The van der Waals surface area contributed by atoms with Gasteiger partial charge < -0.3 is 20.3 Å². The zero-order chi connectivity index (χ0) is 21.3. The van der Waals surface area contributed by atoms with Crippen LogP contribution in [0.3, 0.4) is 0 Å². The van der Waals surface area contributed by atoms with Crippen LogP contribution in [0.2, 0.25) is 0 Å². The number of ether oxygens (including phenoxy) is 1. The third-order valence-electron chi connectivity index (χ3n) is 5.21. The van der Waals surface area contributed by atoms with Gasteiger partial charge in [-0.3, -0.25) is 9.79 Å². The summed E-state index contributed by atoms with van der Waals surface area (Å²) in [4.78, 5) is 22.2. The van der Waals surface area contributed by atoms with E-state index in [4.69, 9.17) is 4.74 Å². The molecule has 170 valence electrons. The Balaban J connectivity index is 0.00000341. The van der Waals surface area contributed by atoms with E-state index in [1.165, 1.54) is 9.75 Å². The second-order valence-electron chi connectivity index (χ2n) is 7.62. The van der Waals surface area contributed by atoms with E-state index in [0.717, 1.165) is 12.0 Å². The Morgan fingerprint density at radius 2 is 1.90 bits per heavy atom. The van der Waals surface area contributed by atoms with Gasteiger partial charge in [0.05, 0.1) is 19.1 Å². The van der Waals surface area contributed by atoms with E-state index < -0.39 is 0 Å². The van der Waals surface area contributed by atoms with Crippen LogP contribution in [-0.2, 0) is 16.0 Å². The van der Waals surface area contributed by atoms with Crippen LogP contribution in [0, 0.1) is 6.92 Å². The van der Waals surface area contributed by atoms with E-state index in [9.17, 15) is 4.79 Å². The van der Waals surface area contributed by atoms with Crippen LogP contribution in [-0.4, -0.2) is 62.7 Å². The van der Waals surface area contributed by atoms with Crippen molar-refractivity contribution in [3.05, 3.63) is 57.8 Å². The minimum Gasteiger partial charge on any atom is -0.378 e. The van der Waals surface area contributed by atoms with Gasteiger partial charge in [0.1, 0.15) is 0 Å². The van der Waals surface area contributed by atoms with Gasteiger partial charge in [0, 0.05) is 48.9 Å². The maximum absolute atomic E-state index is 13.2. The highest BCUT2D eigenvalue weighted by Gasteiger charge is 2.27. The van der Waals surface area contributed by atoms with Crippen LogP contribution in [0.5, 0.6) is 0 Å². The summed E-state index contributed by atoms with van der Waals surface area (Å²) in [5.41, 5.74) is 1.01. The molecule has 1 fully saturated rings. The van der Waals surface area contributed by atoms with Crippen LogP contribution < -0.4 is 10.6 Å². The fourth-order valence-corrected chi connectivity index (χ4v) is 4.63. The average molecular weight is 557 g/mol. The van der Waals surface area contributed by atoms with Crippen molar-refractivity contribution in [1.82, 2.24) is 15.5 Å². The molecular formula is C23H33IN4O2S. The number of morpholine rings is 1. The number of carbonyl (C=O) groups excluding carboxylic acids is 1. The molecule has 1 aliphatic rings. The number of nitrogens with zero attached hydrogens (tertiary/aromatic N) is 2. The first-order valence-electron chi connectivity index (χ1n) is 10.5. The van der Waals surface area contributed by atoms with Crippen LogP contribution in [0.4, 0.5) is 0 Å². The number of aliphatic imine (C=N–C) groups is 1. The van der Waals surface area contributed by atoms with Crippen molar-refractivity contribution >= 4 is 47.2 Å². The molecule has 2 N–H and O–H groups in total. The minimum absolute atomic E-state index is 0. The van der Waals surface area contributed by atoms with Crippen molar-refractivity contribution in [2.24, 2.45) is 4.99 Å². The number of guanidine groups is 1. The van der Waals surface area contributed by atoms with E-state index in [1.807, 2.05) is 46.6 Å². The lowest BCUT2D eigenvalue weighted by atomic mass is 9.97. The van der Waals surface area contributed by atoms with Gasteiger partial charge in [0.25, 0.3) is 0 Å². The second kappa shape index (κ2) is 13.0. The van der Waals surface area contributed by atoms with E-state index >= 15 is 0 Å². The van der Waals surface area contributed by atoms with Crippen molar-refractivity contribution in [1.29, 1.82) is 0 Å². The molecule has 0 saturated carbocycles. The summed E-state index contributed by atoms with van der Waals surface area (Å²) in [6.45, 7) is 7.26. The first kappa shape index (κ1) is 25.6. The Morgan fingerprint density at radius 3 is 2.52 bits per heavy atom. The topological polar surface area (TPSA) is 66.0 Å². The number of halogens is 1. The summed E-state index contributed by atoms with van der Waals surface area (Å²) >= 11 is 1.83. The van der Waals surface area contributed by atoms with E-state index in [0.29, 0.717) is 38.8 Å². The number of aryl methyl sites for hydroxylation is 1. The summed E-state index contributed by atoms with van der Waals surface area (Å²) < 4.78 is 5.41. The van der Waals surface area contributed by atoms with Gasteiger partial charge in [-0.05, 0) is 31.5 Å². The molecule has 31 heavy (non-hydrogen) atoms. The maximum atomic E-state index is 13.2.